The molecule has 0 bridgehead atoms. The summed E-state index contributed by atoms with van der Waals surface area (Å²) in [6.07, 6.45) is 16.2. The van der Waals surface area contributed by atoms with Gasteiger partial charge >= 0.3 is 117 Å². The Morgan fingerprint density at radius 1 is 1.08 bits per heavy atom. The van der Waals surface area contributed by atoms with E-state index < -0.39 is 19.4 Å². The van der Waals surface area contributed by atoms with Crippen LogP contribution in [0.5, 0.6) is 0 Å². The molecule has 0 aliphatic heterocycles. The summed E-state index contributed by atoms with van der Waals surface area (Å²) in [7, 11) is 1.40. The second-order valence-corrected chi connectivity index (χ2v) is 31.5. The van der Waals surface area contributed by atoms with Crippen molar-refractivity contribution in [1.82, 2.24) is 0 Å². The van der Waals surface area contributed by atoms with Gasteiger partial charge in [-0.1, -0.05) is 39.5 Å². The van der Waals surface area contributed by atoms with Crippen molar-refractivity contribution < 1.29 is 19.4 Å². The van der Waals surface area contributed by atoms with Crippen molar-refractivity contribution in [3.05, 3.63) is 62.5 Å². The second kappa shape index (κ2) is 12.6. The van der Waals surface area contributed by atoms with Gasteiger partial charge in [0.05, 0.1) is 0 Å². The summed E-state index contributed by atoms with van der Waals surface area (Å²) in [5.74, 6) is 0. The van der Waals surface area contributed by atoms with E-state index in [1.165, 1.54) is 45.0 Å². The largest absolute Gasteiger partial charge is 0.147 e. The normalized spacial score (nSPS) is 19.2. The van der Waals surface area contributed by atoms with Crippen LogP contribution in [0.15, 0.2) is 51.3 Å². The number of benzene rings is 1. The third kappa shape index (κ3) is 6.33. The molecule has 0 nitrogen and oxygen atoms in total. The zero-order valence-electron chi connectivity index (χ0n) is 17.0. The van der Waals surface area contributed by atoms with E-state index in [4.69, 9.17) is 0 Å². The van der Waals surface area contributed by atoms with Gasteiger partial charge in [0.15, 0.2) is 0 Å². The van der Waals surface area contributed by atoms with E-state index in [1.807, 2.05) is 3.28 Å². The van der Waals surface area contributed by atoms with E-state index in [-0.39, 0.29) is 24.8 Å². The monoisotopic (exact) mass is 488 g/mol. The smallest absolute Gasteiger partial charge is 0.0536 e. The fourth-order valence-electron chi connectivity index (χ4n) is 4.05. The zero-order chi connectivity index (χ0) is 17.6. The number of hydrogen-bond donors (Lipinski definition) is 0. The summed E-state index contributed by atoms with van der Waals surface area (Å²) >= 11 is -2.11. The quantitative estimate of drug-likeness (QED) is 0.311. The van der Waals surface area contributed by atoms with Gasteiger partial charge < -0.3 is 0 Å². The van der Waals surface area contributed by atoms with Crippen LogP contribution in [0.3, 0.4) is 0 Å². The van der Waals surface area contributed by atoms with Gasteiger partial charge in [-0.15, -0.1) is 24.8 Å². The maximum atomic E-state index is 2.66. The molecule has 0 radical (unpaired) electrons. The molecule has 4 heteroatoms. The molecule has 0 saturated heterocycles. The van der Waals surface area contributed by atoms with E-state index >= 15 is 0 Å². The SMILES string of the molecule is CC1=Cc2ccccc2[CH]1[Zr]([CH3])([SiH3])[C]1=CC=CC1.CCCCCC.Cl.Cl. The van der Waals surface area contributed by atoms with Crippen molar-refractivity contribution in [2.45, 2.75) is 61.1 Å². The van der Waals surface area contributed by atoms with Crippen molar-refractivity contribution in [2.75, 3.05) is 0 Å². The average molecular weight is 491 g/mol. The minimum absolute atomic E-state index is 0. The molecule has 26 heavy (non-hydrogen) atoms. The van der Waals surface area contributed by atoms with E-state index in [0.717, 1.165) is 3.63 Å². The van der Waals surface area contributed by atoms with Crippen molar-refractivity contribution in [1.29, 1.82) is 0 Å². The molecule has 2 aliphatic carbocycles. The number of hydrogen-bond acceptors (Lipinski definition) is 0. The standard InChI is InChI=1S/C10H9.C6H14.C5H5.CH3.2ClH.H3Si.Zr/c1-8-6-9-4-2-3-5-10(9)7-8;1-3-5-6-4-2;1-2-4-5-3-1;;;;;/h2-7H,1H3;3-6H2,1-2H3;1-3H,4H2;1H3;2*1H;1H3;. The molecule has 0 spiro atoms. The molecular formula is C22H36Cl2SiZr. The first-order chi connectivity index (χ1) is 11.5. The number of fused-ring (bicyclic) bond motifs is 1. The van der Waals surface area contributed by atoms with E-state index in [9.17, 15) is 0 Å². The van der Waals surface area contributed by atoms with Gasteiger partial charge in [-0.2, -0.15) is 0 Å². The third-order valence-electron chi connectivity index (χ3n) is 5.42. The Bertz CT molecular complexity index is 643. The summed E-state index contributed by atoms with van der Waals surface area (Å²) in [6, 6.07) is 9.02. The van der Waals surface area contributed by atoms with Gasteiger partial charge in [-0.05, 0) is 0 Å². The van der Waals surface area contributed by atoms with Crippen LogP contribution < -0.4 is 0 Å². The minimum Gasteiger partial charge on any atom is -0.147 e. The zero-order valence-corrected chi connectivity index (χ0v) is 23.1. The minimum atomic E-state index is -2.11. The van der Waals surface area contributed by atoms with Crippen molar-refractivity contribution >= 4 is 38.3 Å². The first kappa shape index (κ1) is 26.1. The third-order valence-corrected chi connectivity index (χ3v) is 23.0. The number of allylic oxidation sites excluding steroid dienone is 5. The Hall–Kier alpha value is 0.120. The van der Waals surface area contributed by atoms with Gasteiger partial charge in [0.25, 0.3) is 0 Å². The summed E-state index contributed by atoms with van der Waals surface area (Å²) in [4.78, 5) is 0. The molecule has 0 N–H and O–H groups in total. The average Bonchev–Trinajstić information content (AvgIpc) is 3.20. The predicted molar refractivity (Wildman–Crippen MR) is 125 cm³/mol. The van der Waals surface area contributed by atoms with Crippen LogP contribution in [-0.2, 0) is 19.4 Å². The van der Waals surface area contributed by atoms with Crippen LogP contribution in [-0.4, -0.2) is 7.37 Å². The number of halogens is 2. The molecule has 2 aliphatic rings. The number of rotatable bonds is 5. The Labute approximate surface area is 180 Å². The molecule has 1 aromatic rings. The van der Waals surface area contributed by atoms with E-state index in [2.05, 4.69) is 74.0 Å². The molecule has 0 aromatic heterocycles. The topological polar surface area (TPSA) is 0 Å². The Balaban J connectivity index is 0.000000687. The molecule has 0 fully saturated rings. The molecule has 146 valence electrons. The van der Waals surface area contributed by atoms with E-state index in [1.54, 1.807) is 11.1 Å². The van der Waals surface area contributed by atoms with Crippen molar-refractivity contribution in [2.24, 2.45) is 0 Å². The molecule has 2 unspecified atom stereocenters. The maximum absolute atomic E-state index is 2.66. The van der Waals surface area contributed by atoms with Crippen molar-refractivity contribution in [3.63, 3.8) is 0 Å². The fraction of sp³-hybridized carbons (Fsp3) is 0.455. The van der Waals surface area contributed by atoms with Crippen LogP contribution in [0.2, 0.25) is 4.63 Å². The molecule has 1 aromatic carbocycles. The van der Waals surface area contributed by atoms with Crippen LogP contribution >= 0.6 is 24.8 Å². The fourth-order valence-corrected chi connectivity index (χ4v) is 20.1. The van der Waals surface area contributed by atoms with Crippen LogP contribution in [0.1, 0.15) is 67.6 Å². The molecular weight excluding hydrogens is 454 g/mol. The maximum Gasteiger partial charge on any atom is -0.0536 e. The van der Waals surface area contributed by atoms with Gasteiger partial charge in [0.2, 0.25) is 0 Å². The first-order valence-corrected chi connectivity index (χ1v) is 23.1. The first-order valence-electron chi connectivity index (χ1n) is 9.65. The molecule has 0 saturated carbocycles. The van der Waals surface area contributed by atoms with Gasteiger partial charge in [0, 0.05) is 0 Å². The van der Waals surface area contributed by atoms with Crippen LogP contribution in [0.4, 0.5) is 0 Å². The molecule has 0 amide bonds. The van der Waals surface area contributed by atoms with Crippen LogP contribution in [0, 0.1) is 0 Å². The Morgan fingerprint density at radius 2 is 1.69 bits per heavy atom. The summed E-state index contributed by atoms with van der Waals surface area (Å²) < 4.78 is 5.28. The number of unbranched alkanes of at least 4 members (excludes halogenated alkanes) is 3. The molecule has 3 rings (SSSR count). The Kier molecular flexibility index (Phi) is 12.6. The van der Waals surface area contributed by atoms with Gasteiger partial charge in [0.1, 0.15) is 0 Å². The van der Waals surface area contributed by atoms with Crippen LogP contribution in [0.25, 0.3) is 6.08 Å². The summed E-state index contributed by atoms with van der Waals surface area (Å²) in [5.41, 5.74) is 4.72. The van der Waals surface area contributed by atoms with Gasteiger partial charge in [-0.3, -0.25) is 0 Å². The second-order valence-electron chi connectivity index (χ2n) is 7.70. The summed E-state index contributed by atoms with van der Waals surface area (Å²) in [6.45, 7) is 6.81. The summed E-state index contributed by atoms with van der Waals surface area (Å²) in [5, 5.41) is 0. The molecule has 0 heterocycles. The van der Waals surface area contributed by atoms with Gasteiger partial charge in [-0.25, -0.2) is 0 Å². The Morgan fingerprint density at radius 3 is 2.23 bits per heavy atom. The van der Waals surface area contributed by atoms with Crippen molar-refractivity contribution in [3.8, 4) is 0 Å². The molecule has 2 atom stereocenters. The predicted octanol–water partition coefficient (Wildman–Crippen LogP) is 6.90. The van der Waals surface area contributed by atoms with E-state index in [0.29, 0.717) is 0 Å².